The van der Waals surface area contributed by atoms with E-state index in [-0.39, 0.29) is 18.7 Å². The number of rotatable bonds is 5. The summed E-state index contributed by atoms with van der Waals surface area (Å²) in [5, 5.41) is 3.11. The number of anilines is 1. The van der Waals surface area contributed by atoms with Crippen LogP contribution in [0.3, 0.4) is 0 Å². The van der Waals surface area contributed by atoms with E-state index in [0.29, 0.717) is 12.5 Å². The summed E-state index contributed by atoms with van der Waals surface area (Å²) in [6.07, 6.45) is 9.11. The van der Waals surface area contributed by atoms with Gasteiger partial charge in [0, 0.05) is 37.2 Å². The van der Waals surface area contributed by atoms with Crippen LogP contribution in [0.1, 0.15) is 36.9 Å². The summed E-state index contributed by atoms with van der Waals surface area (Å²) in [6.45, 7) is 3.39. The number of amides is 1. The molecule has 166 valence electrons. The van der Waals surface area contributed by atoms with E-state index in [2.05, 4.69) is 20.2 Å². The first-order valence-electron chi connectivity index (χ1n) is 10.9. The number of nitrogens with one attached hydrogen (secondary N) is 1. The van der Waals surface area contributed by atoms with Gasteiger partial charge in [-0.15, -0.1) is 0 Å². The highest BCUT2D eigenvalue weighted by Gasteiger charge is 2.29. The lowest BCUT2D eigenvalue weighted by molar-refractivity contribution is -0.122. The molecule has 0 saturated carbocycles. The SMILES string of the molecule is Cc1cc(N2CCCCCC2C(=O)NCc2ccc3c(c2)OCO3)nc(-n2ccnc2)n1. The molecule has 0 spiro atoms. The summed E-state index contributed by atoms with van der Waals surface area (Å²) in [5.41, 5.74) is 1.82. The number of aryl methyl sites for hydroxylation is 1. The van der Waals surface area contributed by atoms with Gasteiger partial charge >= 0.3 is 0 Å². The van der Waals surface area contributed by atoms with Gasteiger partial charge in [0.15, 0.2) is 11.5 Å². The number of ether oxygens (including phenoxy) is 2. The first kappa shape index (κ1) is 20.3. The minimum Gasteiger partial charge on any atom is -0.454 e. The molecule has 1 atom stereocenters. The Bertz CT molecular complexity index is 1100. The molecule has 5 rings (SSSR count). The number of nitrogens with zero attached hydrogens (tertiary/aromatic N) is 5. The van der Waals surface area contributed by atoms with E-state index < -0.39 is 0 Å². The molecule has 1 amide bonds. The third kappa shape index (κ3) is 4.23. The zero-order valence-corrected chi connectivity index (χ0v) is 18.0. The third-order valence-corrected chi connectivity index (χ3v) is 5.82. The van der Waals surface area contributed by atoms with Gasteiger partial charge in [-0.3, -0.25) is 9.36 Å². The van der Waals surface area contributed by atoms with Crippen molar-refractivity contribution in [3.8, 4) is 17.4 Å². The van der Waals surface area contributed by atoms with Crippen molar-refractivity contribution in [1.82, 2.24) is 24.8 Å². The third-order valence-electron chi connectivity index (χ3n) is 5.82. The van der Waals surface area contributed by atoms with Gasteiger partial charge in [0.2, 0.25) is 18.6 Å². The minimum absolute atomic E-state index is 0.00464. The Labute approximate surface area is 186 Å². The second kappa shape index (κ2) is 8.86. The van der Waals surface area contributed by atoms with Gasteiger partial charge in [0.05, 0.1) is 0 Å². The van der Waals surface area contributed by atoms with Gasteiger partial charge in [-0.2, -0.15) is 4.98 Å². The number of carbonyl (C=O) groups is 1. The average molecular weight is 435 g/mol. The van der Waals surface area contributed by atoms with Gasteiger partial charge in [-0.1, -0.05) is 18.9 Å². The summed E-state index contributed by atoms with van der Waals surface area (Å²) in [6, 6.07) is 7.41. The number of benzene rings is 1. The standard InChI is InChI=1S/C23H26N6O3/c1-16-11-21(27-23(26-16)28-10-8-24-14-28)29-9-4-2-3-5-18(29)22(30)25-13-17-6-7-19-20(12-17)32-15-31-19/h6-8,10-12,14,18H,2-5,9,13,15H2,1H3,(H,25,30). The number of hydrogen-bond donors (Lipinski definition) is 1. The Morgan fingerprint density at radius 2 is 2.06 bits per heavy atom. The van der Waals surface area contributed by atoms with Crippen molar-refractivity contribution >= 4 is 11.7 Å². The van der Waals surface area contributed by atoms with Crippen LogP contribution in [0, 0.1) is 6.92 Å². The Hall–Kier alpha value is -3.62. The molecule has 2 aromatic heterocycles. The van der Waals surface area contributed by atoms with Crippen LogP contribution in [-0.4, -0.2) is 44.8 Å². The van der Waals surface area contributed by atoms with Crippen LogP contribution in [0.4, 0.5) is 5.82 Å². The summed E-state index contributed by atoms with van der Waals surface area (Å²) in [5.74, 6) is 2.79. The molecule has 1 saturated heterocycles. The largest absolute Gasteiger partial charge is 0.454 e. The number of carbonyl (C=O) groups excluding carboxylic acids is 1. The van der Waals surface area contributed by atoms with Crippen molar-refractivity contribution in [2.75, 3.05) is 18.2 Å². The highest BCUT2D eigenvalue weighted by molar-refractivity contribution is 5.85. The lowest BCUT2D eigenvalue weighted by atomic mass is 10.1. The summed E-state index contributed by atoms with van der Waals surface area (Å²) < 4.78 is 12.6. The molecule has 32 heavy (non-hydrogen) atoms. The smallest absolute Gasteiger partial charge is 0.243 e. The molecule has 2 aliphatic rings. The lowest BCUT2D eigenvalue weighted by Gasteiger charge is -2.30. The molecule has 0 aliphatic carbocycles. The van der Waals surface area contributed by atoms with Gasteiger partial charge in [0.25, 0.3) is 0 Å². The predicted octanol–water partition coefficient (Wildman–Crippen LogP) is 2.76. The van der Waals surface area contributed by atoms with Gasteiger partial charge in [-0.25, -0.2) is 9.97 Å². The van der Waals surface area contributed by atoms with Crippen LogP contribution < -0.4 is 19.7 Å². The van der Waals surface area contributed by atoms with Crippen LogP contribution in [0.15, 0.2) is 43.0 Å². The fourth-order valence-corrected chi connectivity index (χ4v) is 4.19. The zero-order chi connectivity index (χ0) is 21.9. The van der Waals surface area contributed by atoms with Crippen molar-refractivity contribution in [1.29, 1.82) is 0 Å². The highest BCUT2D eigenvalue weighted by atomic mass is 16.7. The molecule has 1 fully saturated rings. The molecular formula is C23H26N6O3. The van der Waals surface area contributed by atoms with Crippen molar-refractivity contribution in [2.24, 2.45) is 0 Å². The van der Waals surface area contributed by atoms with Crippen LogP contribution in [0.2, 0.25) is 0 Å². The first-order chi connectivity index (χ1) is 15.7. The number of aromatic nitrogens is 4. The maximum Gasteiger partial charge on any atom is 0.243 e. The van der Waals surface area contributed by atoms with Gasteiger partial charge in [-0.05, 0) is 37.5 Å². The topological polar surface area (TPSA) is 94.4 Å². The van der Waals surface area contributed by atoms with Crippen LogP contribution in [0.5, 0.6) is 11.5 Å². The molecule has 9 heteroatoms. The predicted molar refractivity (Wildman–Crippen MR) is 118 cm³/mol. The number of fused-ring (bicyclic) bond motifs is 1. The molecule has 1 aromatic carbocycles. The summed E-state index contributed by atoms with van der Waals surface area (Å²) in [4.78, 5) is 28.8. The molecule has 0 bridgehead atoms. The Kier molecular flexibility index (Phi) is 5.62. The average Bonchev–Trinajstić information content (AvgIpc) is 3.44. The van der Waals surface area contributed by atoms with Crippen molar-refractivity contribution in [3.05, 3.63) is 54.2 Å². The van der Waals surface area contributed by atoms with E-state index >= 15 is 0 Å². The Balaban J connectivity index is 1.35. The first-order valence-corrected chi connectivity index (χ1v) is 10.9. The molecule has 3 aromatic rings. The van der Waals surface area contributed by atoms with Crippen LogP contribution in [-0.2, 0) is 11.3 Å². The maximum atomic E-state index is 13.3. The van der Waals surface area contributed by atoms with Crippen molar-refractivity contribution < 1.29 is 14.3 Å². The number of imidazole rings is 1. The lowest BCUT2D eigenvalue weighted by Crippen LogP contribution is -2.47. The zero-order valence-electron chi connectivity index (χ0n) is 18.0. The highest BCUT2D eigenvalue weighted by Crippen LogP contribution is 2.32. The van der Waals surface area contributed by atoms with E-state index in [1.807, 2.05) is 37.4 Å². The summed E-state index contributed by atoms with van der Waals surface area (Å²) >= 11 is 0. The number of hydrogen-bond acceptors (Lipinski definition) is 7. The normalized spacial score (nSPS) is 17.8. The minimum atomic E-state index is -0.281. The van der Waals surface area contributed by atoms with Crippen LogP contribution >= 0.6 is 0 Å². The second-order valence-electron chi connectivity index (χ2n) is 8.10. The van der Waals surface area contributed by atoms with Crippen molar-refractivity contribution in [3.63, 3.8) is 0 Å². The van der Waals surface area contributed by atoms with E-state index in [9.17, 15) is 4.79 Å². The van der Waals surface area contributed by atoms with E-state index in [4.69, 9.17) is 14.5 Å². The molecular weight excluding hydrogens is 408 g/mol. The summed E-state index contributed by atoms with van der Waals surface area (Å²) in [7, 11) is 0. The molecule has 0 radical (unpaired) electrons. The van der Waals surface area contributed by atoms with Crippen molar-refractivity contribution in [2.45, 2.75) is 45.2 Å². The monoisotopic (exact) mass is 434 g/mol. The Morgan fingerprint density at radius 3 is 2.94 bits per heavy atom. The fourth-order valence-electron chi connectivity index (χ4n) is 4.19. The maximum absolute atomic E-state index is 13.3. The molecule has 2 aliphatic heterocycles. The van der Waals surface area contributed by atoms with Gasteiger partial charge < -0.3 is 19.7 Å². The molecule has 9 nitrogen and oxygen atoms in total. The van der Waals surface area contributed by atoms with Gasteiger partial charge in [0.1, 0.15) is 18.2 Å². The fraction of sp³-hybridized carbons (Fsp3) is 0.391. The van der Waals surface area contributed by atoms with Crippen LogP contribution in [0.25, 0.3) is 5.95 Å². The van der Waals surface area contributed by atoms with E-state index in [1.54, 1.807) is 17.1 Å². The van der Waals surface area contributed by atoms with E-state index in [1.165, 1.54) is 0 Å². The molecule has 1 N–H and O–H groups in total. The quantitative estimate of drug-likeness (QED) is 0.660. The van der Waals surface area contributed by atoms with E-state index in [0.717, 1.165) is 60.8 Å². The second-order valence-corrected chi connectivity index (χ2v) is 8.10. The molecule has 4 heterocycles. The molecule has 1 unspecified atom stereocenters. The Morgan fingerprint density at radius 1 is 1.16 bits per heavy atom.